The lowest BCUT2D eigenvalue weighted by Gasteiger charge is -2.19. The number of benzene rings is 1. The van der Waals surface area contributed by atoms with Crippen molar-refractivity contribution in [3.8, 4) is 0 Å². The van der Waals surface area contributed by atoms with E-state index in [1.807, 2.05) is 45.0 Å². The van der Waals surface area contributed by atoms with Crippen LogP contribution < -0.4 is 10.0 Å². The van der Waals surface area contributed by atoms with Gasteiger partial charge in [-0.05, 0) is 46.1 Å². The van der Waals surface area contributed by atoms with Gasteiger partial charge in [-0.15, -0.1) is 0 Å². The number of amides is 1. The molecule has 0 aliphatic rings. The summed E-state index contributed by atoms with van der Waals surface area (Å²) in [6.45, 7) is 9.07. The summed E-state index contributed by atoms with van der Waals surface area (Å²) >= 11 is 0. The van der Waals surface area contributed by atoms with Crippen LogP contribution in [0.2, 0.25) is 0 Å². The van der Waals surface area contributed by atoms with E-state index in [0.29, 0.717) is 12.1 Å². The van der Waals surface area contributed by atoms with Gasteiger partial charge in [0.2, 0.25) is 11.7 Å². The van der Waals surface area contributed by atoms with Gasteiger partial charge in [-0.3, -0.25) is 0 Å². The molecule has 0 bridgehead atoms. The molecule has 0 radical (unpaired) electrons. The minimum absolute atomic E-state index is 0.384. The summed E-state index contributed by atoms with van der Waals surface area (Å²) in [5.41, 5.74) is 1.92. The van der Waals surface area contributed by atoms with Crippen LogP contribution in [0.5, 0.6) is 0 Å². The molecule has 1 amide bonds. The molecule has 2 aromatic heterocycles. The number of para-hydroxylation sites is 1. The number of aromatic nitrogens is 3. The molecular formula is C23H32N4O3. The fourth-order valence-electron chi connectivity index (χ4n) is 3.61. The van der Waals surface area contributed by atoms with Gasteiger partial charge in [-0.1, -0.05) is 25.5 Å². The normalized spacial score (nSPS) is 11.9. The molecular weight excluding hydrogens is 380 g/mol. The summed E-state index contributed by atoms with van der Waals surface area (Å²) in [5, 5.41) is 16.1. The molecule has 3 aromatic rings. The number of alkyl carbamates (subject to hydrolysis) is 1. The number of aryl methyl sites for hydroxylation is 2. The number of nitrogens with zero attached hydrogens (tertiary/aromatic N) is 3. The van der Waals surface area contributed by atoms with Crippen molar-refractivity contribution >= 4 is 28.0 Å². The summed E-state index contributed by atoms with van der Waals surface area (Å²) in [5.74, 6) is 1.02. The SMILES string of the molecule is CCCCc1nc2c[n+]([O-])c3ccccc3c2n1CCCCNC(=O)OC(C)(C)C. The number of ether oxygens (including phenoxy) is 1. The van der Waals surface area contributed by atoms with Crippen molar-refractivity contribution in [2.45, 2.75) is 71.9 Å². The van der Waals surface area contributed by atoms with Crippen molar-refractivity contribution in [2.75, 3.05) is 6.54 Å². The molecule has 162 valence electrons. The first kappa shape index (κ1) is 21.9. The maximum absolute atomic E-state index is 12.4. The van der Waals surface area contributed by atoms with Gasteiger partial charge >= 0.3 is 6.09 Å². The van der Waals surface area contributed by atoms with Crippen LogP contribution in [0.15, 0.2) is 30.5 Å². The predicted octanol–water partition coefficient (Wildman–Crippen LogP) is 4.47. The third kappa shape index (κ3) is 5.20. The number of rotatable bonds is 8. The Morgan fingerprint density at radius 3 is 2.73 bits per heavy atom. The van der Waals surface area contributed by atoms with Gasteiger partial charge in [0, 0.05) is 25.6 Å². The Balaban J connectivity index is 1.76. The van der Waals surface area contributed by atoms with E-state index in [-0.39, 0.29) is 6.09 Å². The van der Waals surface area contributed by atoms with E-state index >= 15 is 0 Å². The maximum Gasteiger partial charge on any atom is 0.407 e. The minimum atomic E-state index is -0.493. The van der Waals surface area contributed by atoms with Crippen LogP contribution in [0.1, 0.15) is 59.2 Å². The van der Waals surface area contributed by atoms with E-state index in [9.17, 15) is 10.0 Å². The Kier molecular flexibility index (Phi) is 6.80. The number of carbonyl (C=O) groups excluding carboxylic acids is 1. The number of pyridine rings is 1. The van der Waals surface area contributed by atoms with Crippen molar-refractivity contribution in [3.63, 3.8) is 0 Å². The Morgan fingerprint density at radius 2 is 2.00 bits per heavy atom. The molecule has 1 aromatic carbocycles. The third-order valence-electron chi connectivity index (χ3n) is 4.94. The molecule has 0 spiro atoms. The van der Waals surface area contributed by atoms with Gasteiger partial charge < -0.3 is 19.8 Å². The first-order valence-electron chi connectivity index (χ1n) is 10.8. The second-order valence-corrected chi connectivity index (χ2v) is 8.62. The van der Waals surface area contributed by atoms with Crippen molar-refractivity contribution < 1.29 is 14.3 Å². The zero-order valence-electron chi connectivity index (χ0n) is 18.4. The highest BCUT2D eigenvalue weighted by molar-refractivity contribution is 6.00. The topological polar surface area (TPSA) is 83.1 Å². The summed E-state index contributed by atoms with van der Waals surface area (Å²) in [6, 6.07) is 7.66. The van der Waals surface area contributed by atoms with Crippen LogP contribution in [0.3, 0.4) is 0 Å². The monoisotopic (exact) mass is 412 g/mol. The van der Waals surface area contributed by atoms with E-state index in [0.717, 1.165) is 65.6 Å². The Morgan fingerprint density at radius 1 is 1.23 bits per heavy atom. The average molecular weight is 413 g/mol. The summed E-state index contributed by atoms with van der Waals surface area (Å²) in [6.07, 6.45) is 5.94. The largest absolute Gasteiger partial charge is 0.618 e. The van der Waals surface area contributed by atoms with Crippen LogP contribution in [0, 0.1) is 5.21 Å². The van der Waals surface area contributed by atoms with Crippen LogP contribution in [0.25, 0.3) is 21.9 Å². The number of carbonyl (C=O) groups is 1. The lowest BCUT2D eigenvalue weighted by molar-refractivity contribution is -0.575. The Labute approximate surface area is 177 Å². The first-order chi connectivity index (χ1) is 14.3. The lowest BCUT2D eigenvalue weighted by Crippen LogP contribution is -2.33. The maximum atomic E-state index is 12.4. The molecule has 2 heterocycles. The molecule has 0 saturated heterocycles. The van der Waals surface area contributed by atoms with Gasteiger partial charge in [-0.25, -0.2) is 9.78 Å². The zero-order chi connectivity index (χ0) is 21.7. The fourth-order valence-corrected chi connectivity index (χ4v) is 3.61. The minimum Gasteiger partial charge on any atom is -0.618 e. The quantitative estimate of drug-likeness (QED) is 0.336. The summed E-state index contributed by atoms with van der Waals surface area (Å²) in [4.78, 5) is 16.6. The molecule has 0 fully saturated rings. The van der Waals surface area contributed by atoms with Crippen molar-refractivity contribution in [3.05, 3.63) is 41.5 Å². The smallest absolute Gasteiger partial charge is 0.407 e. The van der Waals surface area contributed by atoms with Crippen molar-refractivity contribution in [1.82, 2.24) is 14.9 Å². The molecule has 7 nitrogen and oxygen atoms in total. The molecule has 0 aliphatic carbocycles. The fraction of sp³-hybridized carbons (Fsp3) is 0.522. The van der Waals surface area contributed by atoms with E-state index in [1.54, 1.807) is 6.20 Å². The lowest BCUT2D eigenvalue weighted by atomic mass is 10.2. The van der Waals surface area contributed by atoms with Gasteiger partial charge in [-0.2, -0.15) is 4.73 Å². The number of unbranched alkanes of at least 4 members (excludes halogenated alkanes) is 2. The molecule has 7 heteroatoms. The van der Waals surface area contributed by atoms with Gasteiger partial charge in [0.1, 0.15) is 11.4 Å². The van der Waals surface area contributed by atoms with Crippen LogP contribution >= 0.6 is 0 Å². The second-order valence-electron chi connectivity index (χ2n) is 8.62. The molecule has 0 saturated carbocycles. The highest BCUT2D eigenvalue weighted by atomic mass is 16.6. The van der Waals surface area contributed by atoms with Gasteiger partial charge in [0.15, 0.2) is 5.52 Å². The van der Waals surface area contributed by atoms with E-state index in [2.05, 4.69) is 16.8 Å². The van der Waals surface area contributed by atoms with E-state index in [1.165, 1.54) is 0 Å². The van der Waals surface area contributed by atoms with E-state index < -0.39 is 5.60 Å². The molecule has 0 atom stereocenters. The predicted molar refractivity (Wildman–Crippen MR) is 118 cm³/mol. The molecule has 30 heavy (non-hydrogen) atoms. The number of hydrogen-bond acceptors (Lipinski definition) is 4. The van der Waals surface area contributed by atoms with Gasteiger partial charge in [0.25, 0.3) is 0 Å². The van der Waals surface area contributed by atoms with Crippen molar-refractivity contribution in [1.29, 1.82) is 0 Å². The van der Waals surface area contributed by atoms with Gasteiger partial charge in [0.05, 0.1) is 10.9 Å². The highest BCUT2D eigenvalue weighted by Crippen LogP contribution is 2.25. The van der Waals surface area contributed by atoms with Crippen molar-refractivity contribution in [2.24, 2.45) is 0 Å². The number of fused-ring (bicyclic) bond motifs is 3. The summed E-state index contributed by atoms with van der Waals surface area (Å²) in [7, 11) is 0. The van der Waals surface area contributed by atoms with Crippen LogP contribution in [-0.2, 0) is 17.7 Å². The molecule has 0 unspecified atom stereocenters. The average Bonchev–Trinajstić information content (AvgIpc) is 3.02. The number of hydrogen-bond donors (Lipinski definition) is 1. The second kappa shape index (κ2) is 9.32. The Bertz CT molecular complexity index is 1020. The zero-order valence-corrected chi connectivity index (χ0v) is 18.4. The molecule has 0 aliphatic heterocycles. The number of nitrogens with one attached hydrogen (secondary N) is 1. The van der Waals surface area contributed by atoms with Crippen LogP contribution in [-0.4, -0.2) is 27.8 Å². The Hall–Kier alpha value is -2.83. The number of imidazole rings is 1. The standard InChI is InChI=1S/C23H32N4O3/c1-5-6-13-20-25-18-16-27(29)19-12-8-7-11-17(19)21(18)26(20)15-10-9-14-24-22(28)30-23(2,3)4/h7-8,11-12,16H,5-6,9-10,13-15H2,1-4H3,(H,24,28). The van der Waals surface area contributed by atoms with Crippen LogP contribution in [0.4, 0.5) is 4.79 Å². The third-order valence-corrected chi connectivity index (χ3v) is 4.94. The first-order valence-corrected chi connectivity index (χ1v) is 10.8. The molecule has 3 rings (SSSR count). The highest BCUT2D eigenvalue weighted by Gasteiger charge is 2.18. The molecule has 1 N–H and O–H groups in total. The summed E-state index contributed by atoms with van der Waals surface area (Å²) < 4.78 is 8.43. The van der Waals surface area contributed by atoms with E-state index in [4.69, 9.17) is 9.72 Å².